The molecular formula is C17H22ClN3. The predicted octanol–water partition coefficient (Wildman–Crippen LogP) is 5.13. The first-order chi connectivity index (χ1) is 10.0. The second-order valence-electron chi connectivity index (χ2n) is 5.61. The summed E-state index contributed by atoms with van der Waals surface area (Å²) in [4.78, 5) is 0. The molecule has 0 aliphatic carbocycles. The van der Waals surface area contributed by atoms with Crippen LogP contribution in [-0.4, -0.2) is 10.2 Å². The van der Waals surface area contributed by atoms with Crippen LogP contribution in [0.3, 0.4) is 0 Å². The molecule has 1 aromatic carbocycles. The van der Waals surface area contributed by atoms with E-state index in [1.165, 1.54) is 5.56 Å². The zero-order valence-electron chi connectivity index (χ0n) is 13.0. The average Bonchev–Trinajstić information content (AvgIpc) is 2.47. The van der Waals surface area contributed by atoms with Gasteiger partial charge in [0.2, 0.25) is 0 Å². The molecule has 1 atom stereocenters. The van der Waals surface area contributed by atoms with Crippen molar-refractivity contribution in [2.24, 2.45) is 0 Å². The Bertz CT molecular complexity index is 593. The lowest BCUT2D eigenvalue weighted by molar-refractivity contribution is 0.729. The van der Waals surface area contributed by atoms with Gasteiger partial charge in [-0.3, -0.25) is 0 Å². The highest BCUT2D eigenvalue weighted by atomic mass is 35.5. The Hall–Kier alpha value is -1.61. The van der Waals surface area contributed by atoms with Gasteiger partial charge >= 0.3 is 0 Å². The molecule has 2 rings (SSSR count). The van der Waals surface area contributed by atoms with Crippen molar-refractivity contribution in [3.05, 3.63) is 52.2 Å². The molecule has 0 aliphatic heterocycles. The molecule has 0 radical (unpaired) electrons. The minimum absolute atomic E-state index is 0.208. The Morgan fingerprint density at radius 1 is 1.14 bits per heavy atom. The van der Waals surface area contributed by atoms with Crippen molar-refractivity contribution >= 4 is 17.4 Å². The van der Waals surface area contributed by atoms with Gasteiger partial charge in [0.15, 0.2) is 5.82 Å². The molecule has 0 aliphatic rings. The summed E-state index contributed by atoms with van der Waals surface area (Å²) in [5, 5.41) is 12.9. The molecule has 0 saturated carbocycles. The number of hydrogen-bond acceptors (Lipinski definition) is 3. The first-order valence-corrected chi connectivity index (χ1v) is 7.75. The summed E-state index contributed by atoms with van der Waals surface area (Å²) in [6.45, 7) is 8.47. The number of aromatic nitrogens is 2. The van der Waals surface area contributed by atoms with Crippen molar-refractivity contribution in [2.45, 2.75) is 46.1 Å². The highest BCUT2D eigenvalue weighted by Crippen LogP contribution is 2.25. The number of anilines is 1. The van der Waals surface area contributed by atoms with E-state index in [0.717, 1.165) is 28.5 Å². The molecule has 0 unspecified atom stereocenters. The molecule has 0 bridgehead atoms. The maximum absolute atomic E-state index is 5.95. The maximum atomic E-state index is 5.95. The maximum Gasteiger partial charge on any atom is 0.152 e. The summed E-state index contributed by atoms with van der Waals surface area (Å²) in [6.07, 6.45) is 0.967. The second-order valence-corrected chi connectivity index (χ2v) is 6.05. The van der Waals surface area contributed by atoms with Crippen LogP contribution in [0.2, 0.25) is 5.02 Å². The minimum Gasteiger partial charge on any atom is -0.362 e. The van der Waals surface area contributed by atoms with E-state index in [2.05, 4.69) is 61.4 Å². The SMILES string of the molecule is CC[C@@H](Nc1nnc(C(C)C)cc1C)c1ccc(Cl)cc1. The fourth-order valence-corrected chi connectivity index (χ4v) is 2.34. The van der Waals surface area contributed by atoms with Crippen LogP contribution < -0.4 is 5.32 Å². The van der Waals surface area contributed by atoms with Gasteiger partial charge in [0.1, 0.15) is 0 Å². The first-order valence-electron chi connectivity index (χ1n) is 7.37. The van der Waals surface area contributed by atoms with Crippen LogP contribution in [0, 0.1) is 6.92 Å². The van der Waals surface area contributed by atoms with Gasteiger partial charge in [0, 0.05) is 5.02 Å². The van der Waals surface area contributed by atoms with Crippen molar-refractivity contribution in [2.75, 3.05) is 5.32 Å². The molecule has 0 fully saturated rings. The van der Waals surface area contributed by atoms with E-state index in [1.807, 2.05) is 12.1 Å². The fraction of sp³-hybridized carbons (Fsp3) is 0.412. The van der Waals surface area contributed by atoms with Crippen LogP contribution >= 0.6 is 11.6 Å². The Labute approximate surface area is 131 Å². The van der Waals surface area contributed by atoms with Gasteiger partial charge in [0.05, 0.1) is 11.7 Å². The number of nitrogens with one attached hydrogen (secondary N) is 1. The largest absolute Gasteiger partial charge is 0.362 e. The van der Waals surface area contributed by atoms with Crippen molar-refractivity contribution in [1.82, 2.24) is 10.2 Å². The normalized spacial score (nSPS) is 12.5. The van der Waals surface area contributed by atoms with Crippen LogP contribution in [0.4, 0.5) is 5.82 Å². The molecule has 1 heterocycles. The third kappa shape index (κ3) is 3.94. The van der Waals surface area contributed by atoms with Crippen LogP contribution in [0.25, 0.3) is 0 Å². The Morgan fingerprint density at radius 2 is 1.81 bits per heavy atom. The summed E-state index contributed by atoms with van der Waals surface area (Å²) in [5.74, 6) is 1.24. The van der Waals surface area contributed by atoms with Crippen LogP contribution in [-0.2, 0) is 0 Å². The molecule has 0 saturated heterocycles. The number of aryl methyl sites for hydroxylation is 1. The van der Waals surface area contributed by atoms with E-state index in [4.69, 9.17) is 11.6 Å². The molecule has 112 valence electrons. The topological polar surface area (TPSA) is 37.8 Å². The zero-order valence-corrected chi connectivity index (χ0v) is 13.8. The number of rotatable bonds is 5. The zero-order chi connectivity index (χ0) is 15.4. The molecule has 1 N–H and O–H groups in total. The van der Waals surface area contributed by atoms with Gasteiger partial charge < -0.3 is 5.32 Å². The van der Waals surface area contributed by atoms with Crippen molar-refractivity contribution < 1.29 is 0 Å². The predicted molar refractivity (Wildman–Crippen MR) is 89.0 cm³/mol. The van der Waals surface area contributed by atoms with Crippen LogP contribution in [0.15, 0.2) is 30.3 Å². The molecule has 3 nitrogen and oxygen atoms in total. The molecule has 0 amide bonds. The monoisotopic (exact) mass is 303 g/mol. The van der Waals surface area contributed by atoms with E-state index in [9.17, 15) is 0 Å². The van der Waals surface area contributed by atoms with Gasteiger partial charge in [-0.1, -0.05) is 44.5 Å². The lowest BCUT2D eigenvalue weighted by atomic mass is 10.0. The van der Waals surface area contributed by atoms with E-state index in [-0.39, 0.29) is 6.04 Å². The fourth-order valence-electron chi connectivity index (χ4n) is 2.21. The summed E-state index contributed by atoms with van der Waals surface area (Å²) in [6, 6.07) is 10.3. The Kier molecular flexibility index (Phi) is 5.18. The third-order valence-electron chi connectivity index (χ3n) is 3.59. The molecule has 0 spiro atoms. The number of halogens is 1. The molecular weight excluding hydrogens is 282 g/mol. The summed E-state index contributed by atoms with van der Waals surface area (Å²) in [5.41, 5.74) is 3.36. The van der Waals surface area contributed by atoms with E-state index in [0.29, 0.717) is 5.92 Å². The molecule has 21 heavy (non-hydrogen) atoms. The van der Waals surface area contributed by atoms with Crippen molar-refractivity contribution in [3.63, 3.8) is 0 Å². The van der Waals surface area contributed by atoms with Gasteiger partial charge in [-0.15, -0.1) is 5.10 Å². The van der Waals surface area contributed by atoms with E-state index >= 15 is 0 Å². The van der Waals surface area contributed by atoms with E-state index in [1.54, 1.807) is 0 Å². The Balaban J connectivity index is 2.20. The number of benzene rings is 1. The molecule has 1 aromatic heterocycles. The van der Waals surface area contributed by atoms with Gasteiger partial charge in [-0.05, 0) is 48.6 Å². The highest BCUT2D eigenvalue weighted by Gasteiger charge is 2.13. The Morgan fingerprint density at radius 3 is 2.33 bits per heavy atom. The van der Waals surface area contributed by atoms with Crippen LogP contribution in [0.5, 0.6) is 0 Å². The summed E-state index contributed by atoms with van der Waals surface area (Å²) in [7, 11) is 0. The van der Waals surface area contributed by atoms with Gasteiger partial charge in [0.25, 0.3) is 0 Å². The molecule has 2 aromatic rings. The standard InChI is InChI=1S/C17H22ClN3/c1-5-15(13-6-8-14(18)9-7-13)19-17-12(4)10-16(11(2)3)20-21-17/h6-11,15H,5H2,1-4H3,(H,19,21)/t15-/m1/s1. The van der Waals surface area contributed by atoms with Crippen LogP contribution in [0.1, 0.15) is 56.0 Å². The second kappa shape index (κ2) is 6.90. The number of hydrogen-bond donors (Lipinski definition) is 1. The van der Waals surface area contributed by atoms with Crippen molar-refractivity contribution in [1.29, 1.82) is 0 Å². The van der Waals surface area contributed by atoms with Gasteiger partial charge in [-0.2, -0.15) is 5.10 Å². The highest BCUT2D eigenvalue weighted by molar-refractivity contribution is 6.30. The smallest absolute Gasteiger partial charge is 0.152 e. The lowest BCUT2D eigenvalue weighted by Crippen LogP contribution is -2.13. The van der Waals surface area contributed by atoms with E-state index < -0.39 is 0 Å². The first kappa shape index (κ1) is 15.8. The third-order valence-corrected chi connectivity index (χ3v) is 3.84. The van der Waals surface area contributed by atoms with Gasteiger partial charge in [-0.25, -0.2) is 0 Å². The quantitative estimate of drug-likeness (QED) is 0.832. The van der Waals surface area contributed by atoms with Crippen molar-refractivity contribution in [3.8, 4) is 0 Å². The average molecular weight is 304 g/mol. The molecule has 4 heteroatoms. The number of nitrogens with zero attached hydrogens (tertiary/aromatic N) is 2. The summed E-state index contributed by atoms with van der Waals surface area (Å²) >= 11 is 5.95. The summed E-state index contributed by atoms with van der Waals surface area (Å²) < 4.78 is 0. The minimum atomic E-state index is 0.208. The lowest BCUT2D eigenvalue weighted by Gasteiger charge is -2.19.